The van der Waals surface area contributed by atoms with Gasteiger partial charge in [0.2, 0.25) is 5.75 Å². The summed E-state index contributed by atoms with van der Waals surface area (Å²) in [5.74, 6) is 1.94. The number of ether oxygens (including phenoxy) is 4. The second kappa shape index (κ2) is 8.74. The van der Waals surface area contributed by atoms with Crippen molar-refractivity contribution >= 4 is 0 Å². The largest absolute Gasteiger partial charge is 0.493 e. The number of rotatable bonds is 9. The summed E-state index contributed by atoms with van der Waals surface area (Å²) in [6.07, 6.45) is 0.253. The minimum absolute atomic E-state index is 0.162. The summed E-state index contributed by atoms with van der Waals surface area (Å²) in [6.45, 7) is 7.63. The first-order chi connectivity index (χ1) is 10.0. The van der Waals surface area contributed by atoms with Gasteiger partial charge in [-0.3, -0.25) is 0 Å². The number of hydrogen-bond acceptors (Lipinski definition) is 5. The first kappa shape index (κ1) is 17.6. The van der Waals surface area contributed by atoms with Crippen LogP contribution in [0.5, 0.6) is 17.2 Å². The van der Waals surface area contributed by atoms with E-state index in [1.54, 1.807) is 21.3 Å². The zero-order valence-corrected chi connectivity index (χ0v) is 13.9. The Morgan fingerprint density at radius 1 is 0.952 bits per heavy atom. The average molecular weight is 297 g/mol. The maximum absolute atomic E-state index is 5.52. The molecule has 0 amide bonds. The highest BCUT2D eigenvalue weighted by Gasteiger charge is 2.16. The van der Waals surface area contributed by atoms with Crippen LogP contribution in [0, 0.1) is 0 Å². The van der Waals surface area contributed by atoms with Crippen LogP contribution >= 0.6 is 0 Å². The van der Waals surface area contributed by atoms with Crippen molar-refractivity contribution in [1.82, 2.24) is 5.32 Å². The fraction of sp³-hybridized carbons (Fsp3) is 0.625. The van der Waals surface area contributed by atoms with Gasteiger partial charge in [-0.05, 0) is 38.5 Å². The maximum Gasteiger partial charge on any atom is 0.203 e. The Hall–Kier alpha value is -1.46. The highest BCUT2D eigenvalue weighted by atomic mass is 16.5. The lowest BCUT2D eigenvalue weighted by Crippen LogP contribution is -2.24. The van der Waals surface area contributed by atoms with Gasteiger partial charge in [-0.25, -0.2) is 0 Å². The molecule has 0 spiro atoms. The Labute approximate surface area is 127 Å². The molecule has 1 rings (SSSR count). The van der Waals surface area contributed by atoms with Gasteiger partial charge in [0.1, 0.15) is 0 Å². The van der Waals surface area contributed by atoms with E-state index in [9.17, 15) is 0 Å². The fourth-order valence-electron chi connectivity index (χ4n) is 2.04. The van der Waals surface area contributed by atoms with Crippen LogP contribution in [0.15, 0.2) is 12.1 Å². The maximum atomic E-state index is 5.52. The quantitative estimate of drug-likeness (QED) is 0.710. The molecule has 1 unspecified atom stereocenters. The van der Waals surface area contributed by atoms with Gasteiger partial charge in [-0.15, -0.1) is 0 Å². The van der Waals surface area contributed by atoms with Crippen LogP contribution in [0.2, 0.25) is 0 Å². The van der Waals surface area contributed by atoms with Crippen molar-refractivity contribution in [1.29, 1.82) is 0 Å². The van der Waals surface area contributed by atoms with Crippen molar-refractivity contribution in [2.24, 2.45) is 0 Å². The van der Waals surface area contributed by atoms with Gasteiger partial charge in [0.25, 0.3) is 0 Å². The van der Waals surface area contributed by atoms with Crippen LogP contribution in [-0.2, 0) is 4.74 Å². The summed E-state index contributed by atoms with van der Waals surface area (Å²) >= 11 is 0. The van der Waals surface area contributed by atoms with Crippen molar-refractivity contribution in [3.05, 3.63) is 17.7 Å². The van der Waals surface area contributed by atoms with E-state index in [0.29, 0.717) is 23.9 Å². The molecule has 0 saturated heterocycles. The third-order valence-electron chi connectivity index (χ3n) is 3.19. The summed E-state index contributed by atoms with van der Waals surface area (Å²) in [7, 11) is 4.84. The monoisotopic (exact) mass is 297 g/mol. The summed E-state index contributed by atoms with van der Waals surface area (Å²) < 4.78 is 21.6. The topological polar surface area (TPSA) is 49.0 Å². The molecule has 1 atom stereocenters. The van der Waals surface area contributed by atoms with E-state index in [1.165, 1.54) is 0 Å². The Bertz CT molecular complexity index is 409. The molecule has 0 aromatic heterocycles. The second-order valence-electron chi connectivity index (χ2n) is 5.05. The molecule has 0 fully saturated rings. The molecule has 0 radical (unpaired) electrons. The van der Waals surface area contributed by atoms with E-state index in [2.05, 4.69) is 12.2 Å². The van der Waals surface area contributed by atoms with E-state index in [-0.39, 0.29) is 12.1 Å². The minimum Gasteiger partial charge on any atom is -0.493 e. The molecular formula is C16H27NO4. The van der Waals surface area contributed by atoms with Crippen LogP contribution in [0.1, 0.15) is 32.4 Å². The van der Waals surface area contributed by atoms with Crippen LogP contribution < -0.4 is 19.5 Å². The van der Waals surface area contributed by atoms with Crippen molar-refractivity contribution < 1.29 is 18.9 Å². The summed E-state index contributed by atoms with van der Waals surface area (Å²) in [6, 6.07) is 4.08. The molecular weight excluding hydrogens is 270 g/mol. The molecule has 0 aliphatic carbocycles. The summed E-state index contributed by atoms with van der Waals surface area (Å²) in [4.78, 5) is 0. The molecule has 0 heterocycles. The van der Waals surface area contributed by atoms with Gasteiger partial charge in [0, 0.05) is 12.6 Å². The zero-order valence-electron chi connectivity index (χ0n) is 13.9. The molecule has 0 aliphatic heterocycles. The summed E-state index contributed by atoms with van der Waals surface area (Å²) in [5, 5.41) is 3.42. The number of methoxy groups -OCH3 is 3. The molecule has 1 N–H and O–H groups in total. The molecule has 0 aliphatic rings. The van der Waals surface area contributed by atoms with Gasteiger partial charge < -0.3 is 24.3 Å². The number of hydrogen-bond donors (Lipinski definition) is 1. The normalized spacial score (nSPS) is 12.3. The molecule has 5 heteroatoms. The van der Waals surface area contributed by atoms with Crippen molar-refractivity contribution in [3.63, 3.8) is 0 Å². The van der Waals surface area contributed by atoms with Gasteiger partial charge >= 0.3 is 0 Å². The molecule has 1 aromatic rings. The lowest BCUT2D eigenvalue weighted by atomic mass is 10.1. The Balaban J connectivity index is 2.77. The van der Waals surface area contributed by atoms with Crippen molar-refractivity contribution in [3.8, 4) is 17.2 Å². The third-order valence-corrected chi connectivity index (χ3v) is 3.19. The average Bonchev–Trinajstić information content (AvgIpc) is 2.49. The minimum atomic E-state index is 0.162. The summed E-state index contributed by atoms with van der Waals surface area (Å²) in [5.41, 5.74) is 1.08. The van der Waals surface area contributed by atoms with E-state index in [4.69, 9.17) is 18.9 Å². The molecule has 21 heavy (non-hydrogen) atoms. The van der Waals surface area contributed by atoms with Gasteiger partial charge in [0.15, 0.2) is 11.5 Å². The molecule has 120 valence electrons. The Kier molecular flexibility index (Phi) is 7.32. The zero-order chi connectivity index (χ0) is 15.8. The third kappa shape index (κ3) is 5.10. The molecule has 0 bridgehead atoms. The van der Waals surface area contributed by atoms with E-state index in [0.717, 1.165) is 12.1 Å². The molecule has 1 aromatic carbocycles. The number of benzene rings is 1. The van der Waals surface area contributed by atoms with Gasteiger partial charge in [-0.1, -0.05) is 0 Å². The van der Waals surface area contributed by atoms with Crippen molar-refractivity contribution in [2.45, 2.75) is 32.9 Å². The lowest BCUT2D eigenvalue weighted by molar-refractivity contribution is 0.0796. The van der Waals surface area contributed by atoms with Gasteiger partial charge in [0.05, 0.1) is 34.0 Å². The standard InChI is InChI=1S/C16H27NO4/c1-11(2)21-8-7-17-12(3)13-9-14(18-4)16(20-6)15(10-13)19-5/h9-12,17H,7-8H2,1-6H3. The SMILES string of the molecule is COc1cc(C(C)NCCOC(C)C)cc(OC)c1OC. The van der Waals surface area contributed by atoms with Crippen LogP contribution in [0.4, 0.5) is 0 Å². The van der Waals surface area contributed by atoms with E-state index < -0.39 is 0 Å². The number of nitrogens with one attached hydrogen (secondary N) is 1. The smallest absolute Gasteiger partial charge is 0.203 e. The predicted octanol–water partition coefficient (Wildman–Crippen LogP) is 2.79. The first-order valence-corrected chi connectivity index (χ1v) is 7.18. The van der Waals surface area contributed by atoms with Crippen LogP contribution in [-0.4, -0.2) is 40.6 Å². The van der Waals surface area contributed by atoms with E-state index in [1.807, 2.05) is 26.0 Å². The van der Waals surface area contributed by atoms with Gasteiger partial charge in [-0.2, -0.15) is 0 Å². The molecule has 0 saturated carbocycles. The Morgan fingerprint density at radius 3 is 1.95 bits per heavy atom. The predicted molar refractivity (Wildman–Crippen MR) is 83.6 cm³/mol. The highest BCUT2D eigenvalue weighted by Crippen LogP contribution is 2.39. The first-order valence-electron chi connectivity index (χ1n) is 7.18. The van der Waals surface area contributed by atoms with Crippen LogP contribution in [0.3, 0.4) is 0 Å². The highest BCUT2D eigenvalue weighted by molar-refractivity contribution is 5.54. The fourth-order valence-corrected chi connectivity index (χ4v) is 2.04. The van der Waals surface area contributed by atoms with E-state index >= 15 is 0 Å². The Morgan fingerprint density at radius 2 is 1.52 bits per heavy atom. The van der Waals surface area contributed by atoms with Crippen molar-refractivity contribution in [2.75, 3.05) is 34.5 Å². The molecule has 5 nitrogen and oxygen atoms in total. The van der Waals surface area contributed by atoms with Crippen LogP contribution in [0.25, 0.3) is 0 Å². The lowest BCUT2D eigenvalue weighted by Gasteiger charge is -2.19. The second-order valence-corrected chi connectivity index (χ2v) is 5.05.